The van der Waals surface area contributed by atoms with E-state index in [9.17, 15) is 18.3 Å². The summed E-state index contributed by atoms with van der Waals surface area (Å²) in [6, 6.07) is 17.9. The zero-order valence-electron chi connectivity index (χ0n) is 18.0. The van der Waals surface area contributed by atoms with E-state index in [1.807, 2.05) is 36.4 Å². The largest absolute Gasteiger partial charge is 0.480 e. The standard InChI is InChI=1S/C24H23N3O5S/c1-14(2)22(24(28)29)27-33(30,31)17-9-10-18-19-12-15(8-11-20(19)32-21(18)13-17)23(25)26-16-6-4-3-5-7-16/h3-14,22,27H,1-2H3,(H2,25,26)(H,28,29)/t22-/m0/s1. The van der Waals surface area contributed by atoms with E-state index >= 15 is 0 Å². The van der Waals surface area contributed by atoms with E-state index in [1.54, 1.807) is 32.0 Å². The molecule has 1 atom stereocenters. The highest BCUT2D eigenvalue weighted by Gasteiger charge is 2.28. The molecule has 3 aromatic carbocycles. The highest BCUT2D eigenvalue weighted by atomic mass is 32.2. The van der Waals surface area contributed by atoms with Gasteiger partial charge in [0.25, 0.3) is 0 Å². The fourth-order valence-electron chi connectivity index (χ4n) is 3.53. The first-order chi connectivity index (χ1) is 15.7. The number of anilines is 1. The van der Waals surface area contributed by atoms with Crippen molar-refractivity contribution in [3.05, 3.63) is 72.3 Å². The second-order valence-corrected chi connectivity index (χ2v) is 9.73. The molecule has 1 aromatic heterocycles. The molecule has 0 saturated carbocycles. The molecule has 170 valence electrons. The summed E-state index contributed by atoms with van der Waals surface area (Å²) in [6.07, 6.45) is 0. The van der Waals surface area contributed by atoms with Crippen LogP contribution in [-0.2, 0) is 14.8 Å². The fraction of sp³-hybridized carbons (Fsp3) is 0.167. The van der Waals surface area contributed by atoms with Crippen molar-refractivity contribution in [1.29, 1.82) is 5.41 Å². The Morgan fingerprint density at radius 2 is 1.70 bits per heavy atom. The van der Waals surface area contributed by atoms with Crippen LogP contribution in [0.15, 0.2) is 76.0 Å². The summed E-state index contributed by atoms with van der Waals surface area (Å²) in [7, 11) is -4.07. The Kier molecular flexibility index (Phi) is 5.92. The summed E-state index contributed by atoms with van der Waals surface area (Å²) >= 11 is 0. The molecule has 0 bridgehead atoms. The number of hydrogen-bond acceptors (Lipinski definition) is 5. The molecule has 8 nitrogen and oxygen atoms in total. The molecular weight excluding hydrogens is 442 g/mol. The van der Waals surface area contributed by atoms with Crippen molar-refractivity contribution in [2.24, 2.45) is 5.92 Å². The zero-order valence-corrected chi connectivity index (χ0v) is 18.8. The summed E-state index contributed by atoms with van der Waals surface area (Å²) in [4.78, 5) is 11.3. The molecule has 4 aromatic rings. The van der Waals surface area contributed by atoms with Gasteiger partial charge in [0, 0.05) is 28.1 Å². The zero-order chi connectivity index (χ0) is 23.8. The van der Waals surface area contributed by atoms with Crippen molar-refractivity contribution in [3.63, 3.8) is 0 Å². The van der Waals surface area contributed by atoms with Gasteiger partial charge in [0.2, 0.25) is 10.0 Å². The number of amidine groups is 1. The highest BCUT2D eigenvalue weighted by molar-refractivity contribution is 7.89. The number of carboxylic acids is 1. The summed E-state index contributed by atoms with van der Waals surface area (Å²) in [5.41, 5.74) is 2.34. The maximum absolute atomic E-state index is 12.8. The molecule has 33 heavy (non-hydrogen) atoms. The van der Waals surface area contributed by atoms with E-state index < -0.39 is 28.0 Å². The van der Waals surface area contributed by atoms with Crippen LogP contribution in [0.1, 0.15) is 19.4 Å². The quantitative estimate of drug-likeness (QED) is 0.236. The second kappa shape index (κ2) is 8.68. The number of benzene rings is 3. The molecular formula is C24H23N3O5S. The lowest BCUT2D eigenvalue weighted by atomic mass is 10.1. The van der Waals surface area contributed by atoms with Crippen LogP contribution in [0, 0.1) is 11.3 Å². The number of furan rings is 1. The van der Waals surface area contributed by atoms with E-state index in [4.69, 9.17) is 9.83 Å². The van der Waals surface area contributed by atoms with Crippen LogP contribution in [0.4, 0.5) is 5.69 Å². The second-order valence-electron chi connectivity index (χ2n) is 8.02. The minimum atomic E-state index is -4.07. The van der Waals surface area contributed by atoms with Gasteiger partial charge in [0.1, 0.15) is 23.0 Å². The van der Waals surface area contributed by atoms with E-state index in [-0.39, 0.29) is 10.7 Å². The van der Waals surface area contributed by atoms with Crippen molar-refractivity contribution >= 4 is 49.5 Å². The molecule has 0 aliphatic heterocycles. The van der Waals surface area contributed by atoms with E-state index in [2.05, 4.69) is 10.0 Å². The molecule has 4 N–H and O–H groups in total. The number of para-hydroxylation sites is 1. The molecule has 9 heteroatoms. The molecule has 0 aliphatic carbocycles. The number of carboxylic acid groups (broad SMARTS) is 1. The topological polar surface area (TPSA) is 132 Å². The predicted molar refractivity (Wildman–Crippen MR) is 127 cm³/mol. The van der Waals surface area contributed by atoms with Crippen LogP contribution in [0.3, 0.4) is 0 Å². The lowest BCUT2D eigenvalue weighted by Crippen LogP contribution is -2.44. The van der Waals surface area contributed by atoms with Gasteiger partial charge in [-0.1, -0.05) is 32.0 Å². The van der Waals surface area contributed by atoms with Crippen molar-refractivity contribution in [1.82, 2.24) is 4.72 Å². The number of aliphatic carboxylic acids is 1. The van der Waals surface area contributed by atoms with Gasteiger partial charge in [-0.2, -0.15) is 4.72 Å². The minimum Gasteiger partial charge on any atom is -0.480 e. The first kappa shape index (κ1) is 22.5. The molecule has 0 radical (unpaired) electrons. The van der Waals surface area contributed by atoms with E-state index in [0.717, 1.165) is 11.1 Å². The number of sulfonamides is 1. The summed E-state index contributed by atoms with van der Waals surface area (Å²) in [6.45, 7) is 3.26. The van der Waals surface area contributed by atoms with Gasteiger partial charge in [-0.15, -0.1) is 0 Å². The third kappa shape index (κ3) is 4.59. The van der Waals surface area contributed by atoms with Crippen molar-refractivity contribution < 1.29 is 22.7 Å². The summed E-state index contributed by atoms with van der Waals surface area (Å²) < 4.78 is 33.6. The molecule has 0 unspecified atom stereocenters. The Morgan fingerprint density at radius 3 is 2.36 bits per heavy atom. The lowest BCUT2D eigenvalue weighted by molar-refractivity contribution is -0.140. The first-order valence-corrected chi connectivity index (χ1v) is 11.8. The molecule has 0 saturated heterocycles. The fourth-order valence-corrected chi connectivity index (χ4v) is 4.88. The van der Waals surface area contributed by atoms with Crippen LogP contribution in [0.2, 0.25) is 0 Å². The van der Waals surface area contributed by atoms with Crippen molar-refractivity contribution in [2.75, 3.05) is 5.32 Å². The number of rotatable bonds is 7. The van der Waals surface area contributed by atoms with E-state index in [1.165, 1.54) is 12.1 Å². The molecule has 0 fully saturated rings. The maximum Gasteiger partial charge on any atom is 0.322 e. The average molecular weight is 466 g/mol. The normalized spacial score (nSPS) is 12.8. The first-order valence-electron chi connectivity index (χ1n) is 10.3. The van der Waals surface area contributed by atoms with Gasteiger partial charge in [0.05, 0.1) is 4.90 Å². The number of hydrogen-bond donors (Lipinski definition) is 4. The molecule has 0 amide bonds. The smallest absolute Gasteiger partial charge is 0.322 e. The van der Waals surface area contributed by atoms with Crippen LogP contribution >= 0.6 is 0 Å². The Balaban J connectivity index is 1.67. The molecule has 4 rings (SSSR count). The third-order valence-electron chi connectivity index (χ3n) is 5.30. The maximum atomic E-state index is 12.8. The van der Waals surface area contributed by atoms with Gasteiger partial charge in [-0.25, -0.2) is 8.42 Å². The number of nitrogens with one attached hydrogen (secondary N) is 3. The summed E-state index contributed by atoms with van der Waals surface area (Å²) in [5, 5.41) is 22.2. The van der Waals surface area contributed by atoms with E-state index in [0.29, 0.717) is 22.1 Å². The average Bonchev–Trinajstić information content (AvgIpc) is 3.15. The highest BCUT2D eigenvalue weighted by Crippen LogP contribution is 2.31. The van der Waals surface area contributed by atoms with Crippen LogP contribution < -0.4 is 10.0 Å². The molecule has 0 spiro atoms. The molecule has 0 aliphatic rings. The lowest BCUT2D eigenvalue weighted by Gasteiger charge is -2.17. The SMILES string of the molecule is CC(C)[C@H](NS(=O)(=O)c1ccc2c(c1)oc1ccc(C(=N)Nc3ccccc3)cc12)C(=O)O. The third-order valence-corrected chi connectivity index (χ3v) is 6.74. The predicted octanol–water partition coefficient (Wildman–Crippen LogP) is 4.41. The van der Waals surface area contributed by atoms with Crippen molar-refractivity contribution in [3.8, 4) is 0 Å². The Bertz CT molecular complexity index is 1460. The Hall–Kier alpha value is -3.69. The van der Waals surface area contributed by atoms with Gasteiger partial charge in [-0.3, -0.25) is 10.2 Å². The summed E-state index contributed by atoms with van der Waals surface area (Å²) in [5.74, 6) is -1.45. The Morgan fingerprint density at radius 1 is 0.970 bits per heavy atom. The van der Waals surface area contributed by atoms with Gasteiger partial charge >= 0.3 is 5.97 Å². The number of fused-ring (bicyclic) bond motifs is 3. The number of carbonyl (C=O) groups is 1. The van der Waals surface area contributed by atoms with Gasteiger partial charge in [0.15, 0.2) is 0 Å². The van der Waals surface area contributed by atoms with Gasteiger partial charge in [-0.05, 0) is 48.4 Å². The Labute approximate surface area is 190 Å². The van der Waals surface area contributed by atoms with Gasteiger partial charge < -0.3 is 14.8 Å². The van der Waals surface area contributed by atoms with Crippen LogP contribution in [0.25, 0.3) is 21.9 Å². The minimum absolute atomic E-state index is 0.0836. The molecule has 1 heterocycles. The monoisotopic (exact) mass is 465 g/mol. The van der Waals surface area contributed by atoms with Crippen LogP contribution in [-0.4, -0.2) is 31.4 Å². The van der Waals surface area contributed by atoms with Crippen molar-refractivity contribution in [2.45, 2.75) is 24.8 Å². The van der Waals surface area contributed by atoms with Crippen LogP contribution in [0.5, 0.6) is 0 Å².